The summed E-state index contributed by atoms with van der Waals surface area (Å²) in [5.41, 5.74) is 5.31. The zero-order chi connectivity index (χ0) is 10.4. The quantitative estimate of drug-likeness (QED) is 0.757. The van der Waals surface area contributed by atoms with Gasteiger partial charge in [-0.1, -0.05) is 31.5 Å². The van der Waals surface area contributed by atoms with Crippen molar-refractivity contribution < 1.29 is 4.79 Å². The maximum atomic E-state index is 11.1. The van der Waals surface area contributed by atoms with E-state index >= 15 is 0 Å². The fraction of sp³-hybridized carbons (Fsp3) is 0.364. The van der Waals surface area contributed by atoms with Gasteiger partial charge >= 0.3 is 0 Å². The molecule has 3 heteroatoms. The Kier molecular flexibility index (Phi) is 4.53. The highest BCUT2D eigenvalue weighted by atomic mass is 32.2. The second-order valence-corrected chi connectivity index (χ2v) is 4.39. The molecule has 0 saturated carbocycles. The van der Waals surface area contributed by atoms with Gasteiger partial charge in [-0.15, -0.1) is 11.8 Å². The van der Waals surface area contributed by atoms with Crippen LogP contribution in [0.1, 0.15) is 19.8 Å². The minimum Gasteiger partial charge on any atom is -0.369 e. The van der Waals surface area contributed by atoms with Gasteiger partial charge in [-0.05, 0) is 18.6 Å². The molecule has 0 radical (unpaired) electrons. The maximum Gasteiger partial charge on any atom is 0.230 e. The molecule has 0 spiro atoms. The number of carbonyl (C=O) groups excluding carboxylic acids is 1. The Labute approximate surface area is 88.9 Å². The summed E-state index contributed by atoms with van der Waals surface area (Å²) in [5, 5.41) is -0.0950. The van der Waals surface area contributed by atoms with E-state index in [0.29, 0.717) is 0 Å². The second-order valence-electron chi connectivity index (χ2n) is 3.11. The number of hydrogen-bond acceptors (Lipinski definition) is 2. The van der Waals surface area contributed by atoms with Gasteiger partial charge in [0.25, 0.3) is 0 Å². The van der Waals surface area contributed by atoms with Crippen LogP contribution in [0.4, 0.5) is 0 Å². The topological polar surface area (TPSA) is 43.1 Å². The van der Waals surface area contributed by atoms with Gasteiger partial charge in [-0.25, -0.2) is 0 Å². The van der Waals surface area contributed by atoms with E-state index in [1.807, 2.05) is 30.3 Å². The van der Waals surface area contributed by atoms with Crippen LogP contribution in [0.3, 0.4) is 0 Å². The number of hydrogen-bond donors (Lipinski definition) is 1. The number of nitrogens with two attached hydrogens (primary N) is 1. The lowest BCUT2D eigenvalue weighted by Gasteiger charge is -2.11. The molecular weight excluding hydrogens is 194 g/mol. The Morgan fingerprint density at radius 3 is 2.57 bits per heavy atom. The monoisotopic (exact) mass is 209 g/mol. The first kappa shape index (κ1) is 11.1. The van der Waals surface area contributed by atoms with Crippen molar-refractivity contribution in [2.24, 2.45) is 5.73 Å². The average molecular weight is 209 g/mol. The summed E-state index contributed by atoms with van der Waals surface area (Å²) in [7, 11) is 0. The van der Waals surface area contributed by atoms with E-state index in [9.17, 15) is 4.79 Å². The minimum atomic E-state index is -0.222. The van der Waals surface area contributed by atoms with E-state index in [0.717, 1.165) is 17.7 Å². The van der Waals surface area contributed by atoms with Crippen molar-refractivity contribution in [3.63, 3.8) is 0 Å². The Balaban J connectivity index is 2.60. The molecule has 0 saturated heterocycles. The molecule has 1 rings (SSSR count). The van der Waals surface area contributed by atoms with Crippen LogP contribution in [0.5, 0.6) is 0 Å². The van der Waals surface area contributed by atoms with Gasteiger partial charge in [0.2, 0.25) is 5.91 Å². The van der Waals surface area contributed by atoms with Crippen LogP contribution in [-0.2, 0) is 4.79 Å². The zero-order valence-electron chi connectivity index (χ0n) is 8.27. The van der Waals surface area contributed by atoms with Crippen LogP contribution in [0.25, 0.3) is 0 Å². The molecule has 76 valence electrons. The standard InChI is InChI=1S/C11H15NOS/c1-2-6-10(11(12)13)14-9-7-4-3-5-8-9/h3-5,7-8,10H,2,6H2,1H3,(H2,12,13). The van der Waals surface area contributed by atoms with Crippen LogP contribution in [0, 0.1) is 0 Å². The fourth-order valence-electron chi connectivity index (χ4n) is 1.18. The largest absolute Gasteiger partial charge is 0.369 e. The zero-order valence-corrected chi connectivity index (χ0v) is 9.09. The lowest BCUT2D eigenvalue weighted by molar-refractivity contribution is -0.117. The molecule has 14 heavy (non-hydrogen) atoms. The third kappa shape index (κ3) is 3.42. The van der Waals surface area contributed by atoms with Crippen molar-refractivity contribution in [3.8, 4) is 0 Å². The third-order valence-corrected chi connectivity index (χ3v) is 3.19. The number of carbonyl (C=O) groups is 1. The molecule has 1 aromatic carbocycles. The van der Waals surface area contributed by atoms with Crippen LogP contribution in [0.15, 0.2) is 35.2 Å². The summed E-state index contributed by atoms with van der Waals surface area (Å²) in [5.74, 6) is -0.222. The van der Waals surface area contributed by atoms with Crippen molar-refractivity contribution in [2.45, 2.75) is 29.9 Å². The Morgan fingerprint density at radius 1 is 1.43 bits per heavy atom. The lowest BCUT2D eigenvalue weighted by atomic mass is 10.2. The molecule has 0 heterocycles. The molecule has 1 atom stereocenters. The van der Waals surface area contributed by atoms with Crippen LogP contribution in [0.2, 0.25) is 0 Å². The van der Waals surface area contributed by atoms with Crippen molar-refractivity contribution in [1.29, 1.82) is 0 Å². The first-order chi connectivity index (χ1) is 6.74. The molecule has 0 bridgehead atoms. The normalized spacial score (nSPS) is 12.4. The highest BCUT2D eigenvalue weighted by Crippen LogP contribution is 2.25. The van der Waals surface area contributed by atoms with Crippen molar-refractivity contribution in [1.82, 2.24) is 0 Å². The van der Waals surface area contributed by atoms with E-state index in [-0.39, 0.29) is 11.2 Å². The van der Waals surface area contributed by atoms with E-state index in [2.05, 4.69) is 6.92 Å². The van der Waals surface area contributed by atoms with Crippen molar-refractivity contribution >= 4 is 17.7 Å². The SMILES string of the molecule is CCCC(Sc1ccccc1)C(N)=O. The predicted octanol–water partition coefficient (Wildman–Crippen LogP) is 2.43. The minimum absolute atomic E-state index is 0.0950. The van der Waals surface area contributed by atoms with Gasteiger partial charge in [0.05, 0.1) is 5.25 Å². The van der Waals surface area contributed by atoms with Gasteiger partial charge in [0.15, 0.2) is 0 Å². The van der Waals surface area contributed by atoms with Gasteiger partial charge < -0.3 is 5.73 Å². The number of amides is 1. The van der Waals surface area contributed by atoms with Crippen LogP contribution < -0.4 is 5.73 Å². The number of primary amides is 1. The Morgan fingerprint density at radius 2 is 2.07 bits per heavy atom. The van der Waals surface area contributed by atoms with Gasteiger partial charge in [0.1, 0.15) is 0 Å². The highest BCUT2D eigenvalue weighted by Gasteiger charge is 2.14. The Bertz CT molecular complexity index is 287. The van der Waals surface area contributed by atoms with Gasteiger partial charge in [0, 0.05) is 4.90 Å². The second kappa shape index (κ2) is 5.70. The first-order valence-corrected chi connectivity index (χ1v) is 5.63. The van der Waals surface area contributed by atoms with Crippen LogP contribution >= 0.6 is 11.8 Å². The molecule has 1 amide bonds. The lowest BCUT2D eigenvalue weighted by Crippen LogP contribution is -2.25. The third-order valence-electron chi connectivity index (χ3n) is 1.89. The molecule has 0 aliphatic carbocycles. The van der Waals surface area contributed by atoms with E-state index in [1.165, 1.54) is 0 Å². The number of benzene rings is 1. The van der Waals surface area contributed by atoms with Gasteiger partial charge in [-0.2, -0.15) is 0 Å². The maximum absolute atomic E-state index is 11.1. The van der Waals surface area contributed by atoms with Gasteiger partial charge in [-0.3, -0.25) is 4.79 Å². The number of rotatable bonds is 5. The first-order valence-electron chi connectivity index (χ1n) is 4.75. The molecule has 1 aromatic rings. The summed E-state index contributed by atoms with van der Waals surface area (Å²) in [6.45, 7) is 2.06. The average Bonchev–Trinajstić information content (AvgIpc) is 2.18. The molecule has 1 unspecified atom stereocenters. The van der Waals surface area contributed by atoms with Crippen molar-refractivity contribution in [3.05, 3.63) is 30.3 Å². The predicted molar refractivity (Wildman–Crippen MR) is 60.2 cm³/mol. The summed E-state index contributed by atoms with van der Waals surface area (Å²) in [6, 6.07) is 9.88. The summed E-state index contributed by atoms with van der Waals surface area (Å²) < 4.78 is 0. The summed E-state index contributed by atoms with van der Waals surface area (Å²) >= 11 is 1.55. The molecule has 0 aromatic heterocycles. The summed E-state index contributed by atoms with van der Waals surface area (Å²) in [4.78, 5) is 12.2. The summed E-state index contributed by atoms with van der Waals surface area (Å²) in [6.07, 6.45) is 1.82. The number of thioether (sulfide) groups is 1. The molecule has 0 fully saturated rings. The smallest absolute Gasteiger partial charge is 0.230 e. The molecule has 0 aliphatic heterocycles. The van der Waals surface area contributed by atoms with E-state index in [1.54, 1.807) is 11.8 Å². The molecule has 2 N–H and O–H groups in total. The van der Waals surface area contributed by atoms with Crippen LogP contribution in [-0.4, -0.2) is 11.2 Å². The highest BCUT2D eigenvalue weighted by molar-refractivity contribution is 8.00. The molecule has 0 aliphatic rings. The molecular formula is C11H15NOS. The Hall–Kier alpha value is -0.960. The van der Waals surface area contributed by atoms with Crippen molar-refractivity contribution in [2.75, 3.05) is 0 Å². The fourth-order valence-corrected chi connectivity index (χ4v) is 2.30. The van der Waals surface area contributed by atoms with E-state index < -0.39 is 0 Å². The molecule has 2 nitrogen and oxygen atoms in total. The van der Waals surface area contributed by atoms with E-state index in [4.69, 9.17) is 5.73 Å².